The molecule has 0 aliphatic carbocycles. The van der Waals surface area contributed by atoms with Crippen LogP contribution in [0.25, 0.3) is 0 Å². The summed E-state index contributed by atoms with van der Waals surface area (Å²) in [5.41, 5.74) is 0.470. The highest BCUT2D eigenvalue weighted by Gasteiger charge is 2.65. The van der Waals surface area contributed by atoms with Crippen LogP contribution in [0, 0.1) is 22.0 Å². The Balaban J connectivity index is 1.67. The summed E-state index contributed by atoms with van der Waals surface area (Å²) < 4.78 is 10.3. The van der Waals surface area contributed by atoms with Gasteiger partial charge in [0, 0.05) is 27.5 Å². The van der Waals surface area contributed by atoms with Crippen molar-refractivity contribution in [2.75, 3.05) is 0 Å². The zero-order chi connectivity index (χ0) is 19.9. The number of Topliss-reactive ketones (excluding diaryl/α,β-unsaturated/α-hetero) is 1. The number of amides is 1. The maximum absolute atomic E-state index is 12.5. The molecular weight excluding hydrogens is 375 g/mol. The Labute approximate surface area is 157 Å². The highest BCUT2D eigenvalue weighted by molar-refractivity contribution is 7.09. The molecule has 2 fully saturated rings. The number of carbonyl (C=O) groups is 3. The van der Waals surface area contributed by atoms with E-state index in [-0.39, 0.29) is 36.1 Å². The van der Waals surface area contributed by atoms with Gasteiger partial charge in [-0.2, -0.15) is 0 Å². The van der Waals surface area contributed by atoms with E-state index in [4.69, 9.17) is 9.26 Å². The number of carbonyl (C=O) groups excluding carboxylic acids is 3. The number of nitro groups is 1. The quantitative estimate of drug-likeness (QED) is 0.178. The van der Waals surface area contributed by atoms with E-state index >= 15 is 0 Å². The van der Waals surface area contributed by atoms with Gasteiger partial charge >= 0.3 is 5.97 Å². The number of β-lactam (4-membered cyclic amide) rings is 1. The summed E-state index contributed by atoms with van der Waals surface area (Å²) in [5, 5.41) is 10.7. The summed E-state index contributed by atoms with van der Waals surface area (Å²) in [4.78, 5) is 48.8. The standard InChI is InChI=1S/C17H19N2O7P/c1-8-13-12(9(2)26-27)16(21)18(13)14(15(8)20)17(22)25-7-10-3-5-11(6-4-10)19(23)24/h3-6,8-9,12-14H,7,27H2,1-2H3. The highest BCUT2D eigenvalue weighted by atomic mass is 31.0. The molecule has 10 heteroatoms. The van der Waals surface area contributed by atoms with Crippen LogP contribution in [0.5, 0.6) is 0 Å². The molecule has 0 bridgehead atoms. The predicted octanol–water partition coefficient (Wildman–Crippen LogP) is 1.25. The third kappa shape index (κ3) is 3.21. The molecule has 2 heterocycles. The summed E-state index contributed by atoms with van der Waals surface area (Å²) in [7, 11) is 2.11. The smallest absolute Gasteiger partial charge is 0.337 e. The average Bonchev–Trinajstić information content (AvgIpc) is 2.88. The van der Waals surface area contributed by atoms with Crippen molar-refractivity contribution in [3.05, 3.63) is 39.9 Å². The Morgan fingerprint density at radius 1 is 1.33 bits per heavy atom. The lowest BCUT2D eigenvalue weighted by Gasteiger charge is -2.47. The van der Waals surface area contributed by atoms with E-state index in [1.165, 1.54) is 29.2 Å². The number of hydrogen-bond acceptors (Lipinski definition) is 7. The van der Waals surface area contributed by atoms with Crippen molar-refractivity contribution in [3.63, 3.8) is 0 Å². The molecule has 2 saturated heterocycles. The van der Waals surface area contributed by atoms with E-state index in [1.807, 2.05) is 0 Å². The van der Waals surface area contributed by atoms with Gasteiger partial charge in [-0.25, -0.2) is 4.79 Å². The summed E-state index contributed by atoms with van der Waals surface area (Å²) >= 11 is 0. The first-order valence-corrected chi connectivity index (χ1v) is 8.86. The molecule has 6 atom stereocenters. The van der Waals surface area contributed by atoms with Gasteiger partial charge in [0.1, 0.15) is 6.61 Å². The molecular formula is C17H19N2O7P. The van der Waals surface area contributed by atoms with Crippen molar-refractivity contribution in [3.8, 4) is 0 Å². The van der Waals surface area contributed by atoms with Gasteiger partial charge in [-0.1, -0.05) is 6.92 Å². The van der Waals surface area contributed by atoms with Gasteiger partial charge in [0.2, 0.25) is 5.91 Å². The molecule has 1 aromatic carbocycles. The second kappa shape index (κ2) is 7.32. The third-order valence-corrected chi connectivity index (χ3v) is 5.64. The fourth-order valence-electron chi connectivity index (χ4n) is 3.70. The largest absolute Gasteiger partial charge is 0.459 e. The van der Waals surface area contributed by atoms with E-state index in [1.54, 1.807) is 13.8 Å². The molecule has 0 radical (unpaired) electrons. The van der Waals surface area contributed by atoms with E-state index in [9.17, 15) is 24.5 Å². The molecule has 2 aliphatic heterocycles. The number of nitrogens with zero attached hydrogens (tertiary/aromatic N) is 2. The van der Waals surface area contributed by atoms with Crippen LogP contribution >= 0.6 is 9.47 Å². The molecule has 9 nitrogen and oxygen atoms in total. The molecule has 0 aromatic heterocycles. The molecule has 1 amide bonds. The van der Waals surface area contributed by atoms with Gasteiger partial charge < -0.3 is 14.2 Å². The fraction of sp³-hybridized carbons (Fsp3) is 0.471. The summed E-state index contributed by atoms with van der Waals surface area (Å²) in [6.07, 6.45) is -0.381. The molecule has 3 rings (SSSR count). The van der Waals surface area contributed by atoms with Crippen molar-refractivity contribution in [1.29, 1.82) is 0 Å². The first-order chi connectivity index (χ1) is 12.8. The first-order valence-electron chi connectivity index (χ1n) is 8.39. The number of esters is 1. The predicted molar refractivity (Wildman–Crippen MR) is 95.2 cm³/mol. The minimum absolute atomic E-state index is 0.0737. The van der Waals surface area contributed by atoms with Crippen molar-refractivity contribution in [2.24, 2.45) is 11.8 Å². The maximum Gasteiger partial charge on any atom is 0.337 e. The summed E-state index contributed by atoms with van der Waals surface area (Å²) in [5.74, 6) is -2.38. The van der Waals surface area contributed by atoms with E-state index in [2.05, 4.69) is 9.47 Å². The molecule has 27 heavy (non-hydrogen) atoms. The molecule has 0 saturated carbocycles. The molecule has 0 spiro atoms. The number of hydrogen-bond donors (Lipinski definition) is 0. The van der Waals surface area contributed by atoms with Gasteiger partial charge in [0.15, 0.2) is 11.8 Å². The fourth-order valence-corrected chi connectivity index (χ4v) is 3.87. The van der Waals surface area contributed by atoms with Crippen molar-refractivity contribution >= 4 is 32.8 Å². The lowest BCUT2D eigenvalue weighted by atomic mass is 9.79. The van der Waals surface area contributed by atoms with E-state index in [0.29, 0.717) is 5.56 Å². The van der Waals surface area contributed by atoms with Crippen molar-refractivity contribution in [2.45, 2.75) is 38.6 Å². The number of rotatable bonds is 6. The number of benzene rings is 1. The minimum Gasteiger partial charge on any atom is -0.459 e. The van der Waals surface area contributed by atoms with Crippen molar-refractivity contribution < 1.29 is 28.6 Å². The van der Waals surface area contributed by atoms with E-state index in [0.717, 1.165) is 0 Å². The van der Waals surface area contributed by atoms with Crippen LogP contribution in [0.1, 0.15) is 19.4 Å². The van der Waals surface area contributed by atoms with Gasteiger partial charge in [-0.05, 0) is 24.6 Å². The number of fused-ring (bicyclic) bond motifs is 1. The molecule has 144 valence electrons. The van der Waals surface area contributed by atoms with Crippen LogP contribution in [0.15, 0.2) is 24.3 Å². The van der Waals surface area contributed by atoms with Crippen LogP contribution in [0.4, 0.5) is 5.69 Å². The second-order valence-electron chi connectivity index (χ2n) is 6.73. The topological polar surface area (TPSA) is 116 Å². The molecule has 6 unspecified atom stereocenters. The Bertz CT molecular complexity index is 797. The summed E-state index contributed by atoms with van der Waals surface area (Å²) in [6.45, 7) is 3.29. The normalized spacial score (nSPS) is 27.7. The second-order valence-corrected chi connectivity index (χ2v) is 7.00. The van der Waals surface area contributed by atoms with Crippen LogP contribution in [0.3, 0.4) is 0 Å². The molecule has 2 aliphatic rings. The molecule has 0 N–H and O–H groups in total. The number of nitro benzene ring substituents is 1. The number of non-ortho nitro benzene ring substituents is 1. The van der Waals surface area contributed by atoms with Gasteiger partial charge in [0.25, 0.3) is 5.69 Å². The Morgan fingerprint density at radius 3 is 2.52 bits per heavy atom. The third-order valence-electron chi connectivity index (χ3n) is 5.21. The van der Waals surface area contributed by atoms with Crippen LogP contribution in [-0.4, -0.2) is 45.7 Å². The van der Waals surface area contributed by atoms with Crippen LogP contribution in [0.2, 0.25) is 0 Å². The van der Waals surface area contributed by atoms with Gasteiger partial charge in [-0.3, -0.25) is 19.7 Å². The van der Waals surface area contributed by atoms with Crippen LogP contribution in [-0.2, 0) is 30.3 Å². The van der Waals surface area contributed by atoms with Crippen LogP contribution < -0.4 is 0 Å². The lowest BCUT2D eigenvalue weighted by molar-refractivity contribution is -0.384. The van der Waals surface area contributed by atoms with Gasteiger partial charge in [0.05, 0.1) is 23.0 Å². The summed E-state index contributed by atoms with van der Waals surface area (Å²) in [6, 6.07) is 3.92. The Kier molecular flexibility index (Phi) is 5.26. The lowest BCUT2D eigenvalue weighted by Crippen LogP contribution is -2.65. The average molecular weight is 394 g/mol. The maximum atomic E-state index is 12.5. The number of ketones is 1. The monoisotopic (exact) mass is 394 g/mol. The minimum atomic E-state index is -1.25. The zero-order valence-electron chi connectivity index (χ0n) is 14.7. The Morgan fingerprint density at radius 2 is 1.96 bits per heavy atom. The van der Waals surface area contributed by atoms with Gasteiger partial charge in [-0.15, -0.1) is 0 Å². The zero-order valence-corrected chi connectivity index (χ0v) is 15.9. The highest BCUT2D eigenvalue weighted by Crippen LogP contribution is 2.44. The first kappa shape index (κ1) is 19.4. The Hall–Kier alpha value is -2.38. The van der Waals surface area contributed by atoms with Crippen molar-refractivity contribution in [1.82, 2.24) is 4.90 Å². The van der Waals surface area contributed by atoms with E-state index < -0.39 is 28.8 Å². The SMILES string of the molecule is CC(OP)C1C(=O)N2C(C(=O)OCc3ccc([N+](=O)[O-])cc3)C(=O)C(C)C12. The molecule has 1 aromatic rings. The number of ether oxygens (including phenoxy) is 1.